The number of phenols is 1. The second-order valence-electron chi connectivity index (χ2n) is 3.04. The molecule has 0 aliphatic carbocycles. The molecule has 0 aromatic heterocycles. The summed E-state index contributed by atoms with van der Waals surface area (Å²) in [5, 5.41) is 17.7. The first-order valence-corrected chi connectivity index (χ1v) is 4.49. The first-order chi connectivity index (χ1) is 7.54. The second-order valence-corrected chi connectivity index (χ2v) is 3.04. The Hall–Kier alpha value is -2.30. The van der Waals surface area contributed by atoms with E-state index in [-0.39, 0.29) is 5.75 Å². The van der Waals surface area contributed by atoms with Gasteiger partial charge in [0, 0.05) is 5.69 Å². The summed E-state index contributed by atoms with van der Waals surface area (Å²) >= 11 is 0. The van der Waals surface area contributed by atoms with Crippen molar-refractivity contribution < 1.29 is 19.8 Å². The summed E-state index contributed by atoms with van der Waals surface area (Å²) in [6.45, 7) is 2.85. The third kappa shape index (κ3) is 2.84. The molecule has 5 heteroatoms. The van der Waals surface area contributed by atoms with Gasteiger partial charge in [-0.1, -0.05) is 6.58 Å². The zero-order valence-electron chi connectivity index (χ0n) is 8.46. The molecule has 5 nitrogen and oxygen atoms in total. The Labute approximate surface area is 92.2 Å². The summed E-state index contributed by atoms with van der Waals surface area (Å²) in [5.41, 5.74) is 0.394. The minimum absolute atomic E-state index is 0.0464. The van der Waals surface area contributed by atoms with Crippen LogP contribution in [0.25, 0.3) is 0 Å². The first-order valence-electron chi connectivity index (χ1n) is 4.49. The van der Waals surface area contributed by atoms with Crippen LogP contribution in [-0.4, -0.2) is 28.6 Å². The summed E-state index contributed by atoms with van der Waals surface area (Å²) in [6, 6.07) is 5.67. The van der Waals surface area contributed by atoms with Crippen LogP contribution < -0.4 is 4.90 Å². The van der Waals surface area contributed by atoms with Crippen molar-refractivity contribution in [2.24, 2.45) is 0 Å². The molecule has 0 bridgehead atoms. The topological polar surface area (TPSA) is 77.8 Å². The number of carbonyl (C=O) groups is 2. The Bertz CT molecular complexity index is 410. The maximum Gasteiger partial charge on any atom is 0.323 e. The van der Waals surface area contributed by atoms with Crippen LogP contribution in [0.5, 0.6) is 5.75 Å². The molecule has 2 N–H and O–H groups in total. The Morgan fingerprint density at radius 3 is 2.31 bits per heavy atom. The van der Waals surface area contributed by atoms with Crippen molar-refractivity contribution in [3.63, 3.8) is 0 Å². The van der Waals surface area contributed by atoms with E-state index >= 15 is 0 Å². The van der Waals surface area contributed by atoms with Crippen LogP contribution in [-0.2, 0) is 9.59 Å². The number of phenolic OH excluding ortho intramolecular Hbond substituents is 1. The average Bonchev–Trinajstić information content (AvgIpc) is 2.26. The number of carbonyl (C=O) groups excluding carboxylic acids is 1. The molecule has 0 aliphatic rings. The summed E-state index contributed by atoms with van der Waals surface area (Å²) in [7, 11) is 0. The van der Waals surface area contributed by atoms with E-state index in [1.165, 1.54) is 24.3 Å². The lowest BCUT2D eigenvalue weighted by atomic mass is 10.2. The van der Waals surface area contributed by atoms with E-state index in [1.807, 2.05) is 0 Å². The number of carboxylic acids is 1. The summed E-state index contributed by atoms with van der Waals surface area (Å²) in [4.78, 5) is 23.1. The zero-order chi connectivity index (χ0) is 12.1. The van der Waals surface area contributed by atoms with Crippen molar-refractivity contribution >= 4 is 17.6 Å². The van der Waals surface area contributed by atoms with E-state index in [1.54, 1.807) is 0 Å². The first kappa shape index (κ1) is 11.8. The standard InChI is InChI=1S/C11H11NO4/c1-2-10(14)12(7-11(15)16)8-3-5-9(13)6-4-8/h2-6,13H,1,7H2,(H,15,16). The molecule has 1 rings (SSSR count). The maximum atomic E-state index is 11.4. The largest absolute Gasteiger partial charge is 0.508 e. The van der Waals surface area contributed by atoms with Gasteiger partial charge in [0.05, 0.1) is 0 Å². The Balaban J connectivity index is 3.00. The number of benzene rings is 1. The molecule has 1 aromatic carbocycles. The van der Waals surface area contributed by atoms with Crippen LogP contribution in [0, 0.1) is 0 Å². The van der Waals surface area contributed by atoms with Crippen LogP contribution in [0.4, 0.5) is 5.69 Å². The fourth-order valence-corrected chi connectivity index (χ4v) is 1.17. The van der Waals surface area contributed by atoms with E-state index in [9.17, 15) is 9.59 Å². The number of aliphatic carboxylic acids is 1. The molecule has 0 saturated heterocycles. The van der Waals surface area contributed by atoms with Gasteiger partial charge in [-0.05, 0) is 30.3 Å². The molecular formula is C11H11NO4. The lowest BCUT2D eigenvalue weighted by Crippen LogP contribution is -2.34. The molecule has 0 saturated carbocycles. The number of hydrogen-bond donors (Lipinski definition) is 2. The molecule has 0 atom stereocenters. The normalized spacial score (nSPS) is 9.50. The zero-order valence-corrected chi connectivity index (χ0v) is 8.46. The van der Waals surface area contributed by atoms with Gasteiger partial charge in [-0.2, -0.15) is 0 Å². The number of anilines is 1. The number of nitrogens with zero attached hydrogens (tertiary/aromatic N) is 1. The van der Waals surface area contributed by atoms with Gasteiger partial charge < -0.3 is 10.2 Å². The van der Waals surface area contributed by atoms with E-state index in [0.29, 0.717) is 5.69 Å². The van der Waals surface area contributed by atoms with E-state index < -0.39 is 18.4 Å². The highest BCUT2D eigenvalue weighted by Gasteiger charge is 2.15. The molecule has 16 heavy (non-hydrogen) atoms. The highest BCUT2D eigenvalue weighted by Crippen LogP contribution is 2.18. The van der Waals surface area contributed by atoms with Gasteiger partial charge in [-0.3, -0.25) is 14.5 Å². The number of rotatable bonds is 4. The molecule has 0 spiro atoms. The molecule has 84 valence electrons. The molecule has 1 amide bonds. The summed E-state index contributed by atoms with van der Waals surface area (Å²) in [5.74, 6) is -1.58. The third-order valence-corrected chi connectivity index (χ3v) is 1.90. The smallest absolute Gasteiger partial charge is 0.323 e. The Kier molecular flexibility index (Phi) is 3.66. The minimum atomic E-state index is -1.12. The lowest BCUT2D eigenvalue weighted by Gasteiger charge is -2.18. The number of hydrogen-bond acceptors (Lipinski definition) is 3. The summed E-state index contributed by atoms with van der Waals surface area (Å²) in [6.07, 6.45) is 1.04. The van der Waals surface area contributed by atoms with Crippen molar-refractivity contribution in [2.75, 3.05) is 11.4 Å². The van der Waals surface area contributed by atoms with E-state index in [0.717, 1.165) is 11.0 Å². The quantitative estimate of drug-likeness (QED) is 0.743. The van der Waals surface area contributed by atoms with Crippen molar-refractivity contribution in [2.45, 2.75) is 0 Å². The van der Waals surface area contributed by atoms with Crippen molar-refractivity contribution in [3.05, 3.63) is 36.9 Å². The molecule has 0 fully saturated rings. The van der Waals surface area contributed by atoms with E-state index in [2.05, 4.69) is 6.58 Å². The summed E-state index contributed by atoms with van der Waals surface area (Å²) < 4.78 is 0. The fraction of sp³-hybridized carbons (Fsp3) is 0.0909. The van der Waals surface area contributed by atoms with Gasteiger partial charge in [-0.15, -0.1) is 0 Å². The highest BCUT2D eigenvalue weighted by molar-refractivity contribution is 6.03. The SMILES string of the molecule is C=CC(=O)N(CC(=O)O)c1ccc(O)cc1. The number of carboxylic acid groups (broad SMARTS) is 1. The van der Waals surface area contributed by atoms with Gasteiger partial charge in [0.15, 0.2) is 0 Å². The molecule has 0 unspecified atom stereocenters. The van der Waals surface area contributed by atoms with Gasteiger partial charge >= 0.3 is 5.97 Å². The number of aromatic hydroxyl groups is 1. The second kappa shape index (κ2) is 4.97. The van der Waals surface area contributed by atoms with Crippen LogP contribution in [0.2, 0.25) is 0 Å². The van der Waals surface area contributed by atoms with Crippen molar-refractivity contribution in [1.82, 2.24) is 0 Å². The highest BCUT2D eigenvalue weighted by atomic mass is 16.4. The molecule has 0 aliphatic heterocycles. The van der Waals surface area contributed by atoms with E-state index in [4.69, 9.17) is 10.2 Å². The minimum Gasteiger partial charge on any atom is -0.508 e. The average molecular weight is 221 g/mol. The third-order valence-electron chi connectivity index (χ3n) is 1.90. The monoisotopic (exact) mass is 221 g/mol. The predicted molar refractivity (Wildman–Crippen MR) is 58.3 cm³/mol. The Morgan fingerprint density at radius 2 is 1.88 bits per heavy atom. The van der Waals surface area contributed by atoms with Crippen molar-refractivity contribution in [3.8, 4) is 5.75 Å². The van der Waals surface area contributed by atoms with Crippen LogP contribution in [0.3, 0.4) is 0 Å². The fourth-order valence-electron chi connectivity index (χ4n) is 1.17. The Morgan fingerprint density at radius 1 is 1.31 bits per heavy atom. The molecule has 0 heterocycles. The maximum absolute atomic E-state index is 11.4. The lowest BCUT2D eigenvalue weighted by molar-refractivity contribution is -0.136. The van der Waals surface area contributed by atoms with Gasteiger partial charge in [0.25, 0.3) is 5.91 Å². The van der Waals surface area contributed by atoms with Gasteiger partial charge in [0.2, 0.25) is 0 Å². The number of amides is 1. The van der Waals surface area contributed by atoms with Crippen molar-refractivity contribution in [1.29, 1.82) is 0 Å². The van der Waals surface area contributed by atoms with Gasteiger partial charge in [0.1, 0.15) is 12.3 Å². The van der Waals surface area contributed by atoms with Crippen LogP contribution in [0.1, 0.15) is 0 Å². The van der Waals surface area contributed by atoms with Gasteiger partial charge in [-0.25, -0.2) is 0 Å². The predicted octanol–water partition coefficient (Wildman–Crippen LogP) is 0.996. The molecule has 1 aromatic rings. The van der Waals surface area contributed by atoms with Crippen LogP contribution in [0.15, 0.2) is 36.9 Å². The van der Waals surface area contributed by atoms with Crippen LogP contribution >= 0.6 is 0 Å². The molecular weight excluding hydrogens is 210 g/mol. The molecule has 0 radical (unpaired) electrons.